The molecule has 4 rings (SSSR count). The molecule has 23 heavy (non-hydrogen) atoms. The summed E-state index contributed by atoms with van der Waals surface area (Å²) in [5.74, 6) is -0.340. The number of aldehydes is 1. The van der Waals surface area contributed by atoms with Crippen LogP contribution in [-0.2, 0) is 0 Å². The predicted octanol–water partition coefficient (Wildman–Crippen LogP) is 4.36. The molecule has 1 fully saturated rings. The summed E-state index contributed by atoms with van der Waals surface area (Å²) in [6, 6.07) is 8.00. The number of aromatic nitrogens is 2. The van der Waals surface area contributed by atoms with Gasteiger partial charge in [0.25, 0.3) is 0 Å². The number of carbonyl (C=O) groups excluding carboxylic acids is 1. The fourth-order valence-corrected chi connectivity index (χ4v) is 2.32. The maximum Gasteiger partial charge on any atom is 0.170 e. The standard InChI is InChI=1S/C14H9ClFN3O.C3H6/c15-13-9(2-1-3-10(13)16)8-4-5-12-18-14(17)11(7-20)19(12)6-8;1-2-3-1/h1-7H,17H2;1-3H2. The first-order valence-corrected chi connectivity index (χ1v) is 7.66. The van der Waals surface area contributed by atoms with Gasteiger partial charge in [0.2, 0.25) is 0 Å². The molecule has 1 aliphatic carbocycles. The summed E-state index contributed by atoms with van der Waals surface area (Å²) >= 11 is 5.96. The summed E-state index contributed by atoms with van der Waals surface area (Å²) in [5, 5.41) is 0.0348. The second-order valence-electron chi connectivity index (χ2n) is 5.31. The first-order valence-electron chi connectivity index (χ1n) is 7.29. The quantitative estimate of drug-likeness (QED) is 0.710. The number of rotatable bonds is 2. The van der Waals surface area contributed by atoms with Crippen molar-refractivity contribution in [2.24, 2.45) is 0 Å². The molecule has 1 aliphatic rings. The molecule has 0 bridgehead atoms. The highest BCUT2D eigenvalue weighted by atomic mass is 35.5. The van der Waals surface area contributed by atoms with Gasteiger partial charge in [-0.15, -0.1) is 0 Å². The van der Waals surface area contributed by atoms with E-state index in [0.29, 0.717) is 23.1 Å². The van der Waals surface area contributed by atoms with Gasteiger partial charge in [0.1, 0.15) is 17.2 Å². The molecule has 0 amide bonds. The minimum Gasteiger partial charge on any atom is -0.382 e. The summed E-state index contributed by atoms with van der Waals surface area (Å²) in [6.07, 6.45) is 6.79. The van der Waals surface area contributed by atoms with Crippen molar-refractivity contribution in [2.75, 3.05) is 5.73 Å². The number of fused-ring (bicyclic) bond motifs is 1. The number of hydrogen-bond acceptors (Lipinski definition) is 3. The van der Waals surface area contributed by atoms with Crippen molar-refractivity contribution in [3.8, 4) is 11.1 Å². The van der Waals surface area contributed by atoms with Crippen molar-refractivity contribution in [1.82, 2.24) is 9.38 Å². The number of nitrogen functional groups attached to an aromatic ring is 1. The Balaban J connectivity index is 0.000000468. The first-order chi connectivity index (χ1) is 11.1. The number of benzene rings is 1. The summed E-state index contributed by atoms with van der Waals surface area (Å²) in [5.41, 5.74) is 7.67. The molecule has 0 radical (unpaired) electrons. The van der Waals surface area contributed by atoms with Crippen LogP contribution in [0.1, 0.15) is 29.8 Å². The SMILES string of the molecule is C1CC1.Nc1nc2ccc(-c3cccc(F)c3Cl)cn2c1C=O. The third-order valence-corrected chi connectivity index (χ3v) is 3.80. The van der Waals surface area contributed by atoms with Gasteiger partial charge in [0.15, 0.2) is 12.1 Å². The molecular formula is C17H15ClFN3O. The van der Waals surface area contributed by atoms with E-state index >= 15 is 0 Å². The minimum absolute atomic E-state index is 0.0348. The second kappa shape index (κ2) is 6.38. The van der Waals surface area contributed by atoms with Gasteiger partial charge in [-0.3, -0.25) is 9.20 Å². The van der Waals surface area contributed by atoms with Crippen molar-refractivity contribution in [3.63, 3.8) is 0 Å². The van der Waals surface area contributed by atoms with Crippen molar-refractivity contribution < 1.29 is 9.18 Å². The summed E-state index contributed by atoms with van der Waals surface area (Å²) in [4.78, 5) is 15.1. The number of hydrogen-bond donors (Lipinski definition) is 1. The molecule has 6 heteroatoms. The molecule has 1 saturated carbocycles. The molecule has 2 aromatic heterocycles. The van der Waals surface area contributed by atoms with E-state index in [1.807, 2.05) is 0 Å². The highest BCUT2D eigenvalue weighted by molar-refractivity contribution is 6.33. The summed E-state index contributed by atoms with van der Waals surface area (Å²) < 4.78 is 15.1. The van der Waals surface area contributed by atoms with E-state index in [1.54, 1.807) is 34.9 Å². The Labute approximate surface area is 137 Å². The number of imidazole rings is 1. The average Bonchev–Trinajstić information content (AvgIpc) is 3.38. The topological polar surface area (TPSA) is 60.4 Å². The number of anilines is 1. The van der Waals surface area contributed by atoms with Crippen molar-refractivity contribution in [2.45, 2.75) is 19.3 Å². The molecule has 2 N–H and O–H groups in total. The van der Waals surface area contributed by atoms with Gasteiger partial charge < -0.3 is 5.73 Å². The van der Waals surface area contributed by atoms with Gasteiger partial charge in [0, 0.05) is 17.3 Å². The van der Waals surface area contributed by atoms with Gasteiger partial charge >= 0.3 is 0 Å². The van der Waals surface area contributed by atoms with Gasteiger partial charge in [-0.05, 0) is 18.2 Å². The third kappa shape index (κ3) is 3.19. The molecule has 4 nitrogen and oxygen atoms in total. The molecular weight excluding hydrogens is 317 g/mol. The van der Waals surface area contributed by atoms with Gasteiger partial charge in [-0.1, -0.05) is 43.0 Å². The molecule has 3 aromatic rings. The summed E-state index contributed by atoms with van der Waals surface area (Å²) in [6.45, 7) is 0. The summed E-state index contributed by atoms with van der Waals surface area (Å²) in [7, 11) is 0. The first kappa shape index (κ1) is 15.5. The Morgan fingerprint density at radius 3 is 2.61 bits per heavy atom. The zero-order valence-electron chi connectivity index (χ0n) is 12.3. The van der Waals surface area contributed by atoms with Crippen LogP contribution < -0.4 is 5.73 Å². The maximum absolute atomic E-state index is 13.5. The van der Waals surface area contributed by atoms with Crippen LogP contribution in [0.15, 0.2) is 36.5 Å². The minimum atomic E-state index is -0.495. The van der Waals surface area contributed by atoms with Gasteiger partial charge in [-0.25, -0.2) is 9.37 Å². The lowest BCUT2D eigenvalue weighted by Gasteiger charge is -2.06. The van der Waals surface area contributed by atoms with Gasteiger partial charge in [0.05, 0.1) is 5.02 Å². The maximum atomic E-state index is 13.5. The molecule has 0 saturated heterocycles. The molecule has 0 spiro atoms. The zero-order chi connectivity index (χ0) is 16.4. The highest BCUT2D eigenvalue weighted by Gasteiger charge is 2.12. The molecule has 1 aromatic carbocycles. The molecule has 0 aliphatic heterocycles. The second-order valence-corrected chi connectivity index (χ2v) is 5.69. The Kier molecular flexibility index (Phi) is 4.30. The molecule has 0 atom stereocenters. The lowest BCUT2D eigenvalue weighted by atomic mass is 10.1. The molecule has 118 valence electrons. The van der Waals surface area contributed by atoms with E-state index in [4.69, 9.17) is 17.3 Å². The lowest BCUT2D eigenvalue weighted by molar-refractivity contribution is 0.111. The fraction of sp³-hybridized carbons (Fsp3) is 0.176. The van der Waals surface area contributed by atoms with E-state index in [-0.39, 0.29) is 16.5 Å². The van der Waals surface area contributed by atoms with Crippen LogP contribution in [0.2, 0.25) is 5.02 Å². The predicted molar refractivity (Wildman–Crippen MR) is 89.2 cm³/mol. The fourth-order valence-electron chi connectivity index (χ4n) is 2.08. The number of halogens is 2. The van der Waals surface area contributed by atoms with E-state index in [0.717, 1.165) is 0 Å². The Bertz CT molecular complexity index is 871. The van der Waals surface area contributed by atoms with Crippen LogP contribution in [0.3, 0.4) is 0 Å². The van der Waals surface area contributed by atoms with Crippen LogP contribution in [0.5, 0.6) is 0 Å². The normalized spacial score (nSPS) is 12.6. The Morgan fingerprint density at radius 1 is 1.22 bits per heavy atom. The van der Waals surface area contributed by atoms with Crippen molar-refractivity contribution in [3.05, 3.63) is 53.1 Å². The van der Waals surface area contributed by atoms with Crippen molar-refractivity contribution >= 4 is 29.4 Å². The molecule has 0 unspecified atom stereocenters. The van der Waals surface area contributed by atoms with E-state index < -0.39 is 5.82 Å². The van der Waals surface area contributed by atoms with Crippen LogP contribution >= 0.6 is 11.6 Å². The smallest absolute Gasteiger partial charge is 0.170 e. The molecule has 2 heterocycles. The monoisotopic (exact) mass is 331 g/mol. The van der Waals surface area contributed by atoms with Crippen LogP contribution in [0.25, 0.3) is 16.8 Å². The van der Waals surface area contributed by atoms with Crippen LogP contribution in [0, 0.1) is 5.82 Å². The zero-order valence-corrected chi connectivity index (χ0v) is 13.1. The van der Waals surface area contributed by atoms with Crippen LogP contribution in [-0.4, -0.2) is 15.7 Å². The highest BCUT2D eigenvalue weighted by Crippen LogP contribution is 2.30. The lowest BCUT2D eigenvalue weighted by Crippen LogP contribution is -1.95. The third-order valence-electron chi connectivity index (χ3n) is 3.41. The number of nitrogens with two attached hydrogens (primary N) is 1. The average molecular weight is 332 g/mol. The van der Waals surface area contributed by atoms with E-state index in [2.05, 4.69) is 4.98 Å². The van der Waals surface area contributed by atoms with Crippen LogP contribution in [0.4, 0.5) is 10.2 Å². The Morgan fingerprint density at radius 2 is 1.96 bits per heavy atom. The number of pyridine rings is 1. The number of nitrogens with zero attached hydrogens (tertiary/aromatic N) is 2. The number of carbonyl (C=O) groups is 1. The van der Waals surface area contributed by atoms with E-state index in [9.17, 15) is 9.18 Å². The van der Waals surface area contributed by atoms with Crippen molar-refractivity contribution in [1.29, 1.82) is 0 Å². The largest absolute Gasteiger partial charge is 0.382 e. The van der Waals surface area contributed by atoms with Gasteiger partial charge in [-0.2, -0.15) is 0 Å². The Hall–Kier alpha value is -2.40. The van der Waals surface area contributed by atoms with E-state index in [1.165, 1.54) is 25.3 Å².